The van der Waals surface area contributed by atoms with Gasteiger partial charge in [-0.15, -0.1) is 0 Å². The van der Waals surface area contributed by atoms with Gasteiger partial charge in [0, 0.05) is 11.5 Å². The molecular weight excluding hydrogens is 262 g/mol. The van der Waals surface area contributed by atoms with E-state index in [4.69, 9.17) is 0 Å². The van der Waals surface area contributed by atoms with Crippen LogP contribution in [0, 0.1) is 12.1 Å². The number of hydrogen-bond acceptors (Lipinski definition) is 3. The summed E-state index contributed by atoms with van der Waals surface area (Å²) in [5.41, 5.74) is 2.66. The third-order valence-electron chi connectivity index (χ3n) is 3.30. The Labute approximate surface area is 113 Å². The summed E-state index contributed by atoms with van der Waals surface area (Å²) in [5.74, 6) is -0.136. The smallest absolute Gasteiger partial charge is 0.277 e. The van der Waals surface area contributed by atoms with E-state index in [0.717, 1.165) is 11.1 Å². The number of quaternary nitrogens is 1. The first-order valence-corrected chi connectivity index (χ1v) is 7.04. The van der Waals surface area contributed by atoms with Crippen LogP contribution in [0.15, 0.2) is 48.2 Å². The van der Waals surface area contributed by atoms with E-state index in [9.17, 15) is 13.6 Å². The van der Waals surface area contributed by atoms with Gasteiger partial charge in [-0.2, -0.15) is 8.42 Å². The number of aryl methyl sites for hydroxylation is 1. The van der Waals surface area contributed by atoms with E-state index in [2.05, 4.69) is 0 Å². The van der Waals surface area contributed by atoms with E-state index in [-0.39, 0.29) is 10.9 Å². The Balaban J connectivity index is 2.52. The zero-order valence-electron chi connectivity index (χ0n) is 10.8. The molecule has 0 radical (unpaired) electrons. The lowest BCUT2D eigenvalue weighted by Gasteiger charge is -2.25. The van der Waals surface area contributed by atoms with Gasteiger partial charge in [0.05, 0.1) is 0 Å². The molecular formula is C14H15NO3S. The normalized spacial score (nSPS) is 20.1. The van der Waals surface area contributed by atoms with E-state index >= 15 is 0 Å². The summed E-state index contributed by atoms with van der Waals surface area (Å²) in [6.07, 6.45) is 4.58. The van der Waals surface area contributed by atoms with E-state index in [0.29, 0.717) is 5.57 Å². The van der Waals surface area contributed by atoms with Gasteiger partial charge in [-0.1, -0.05) is 31.2 Å². The minimum atomic E-state index is -2.52. The van der Waals surface area contributed by atoms with Crippen LogP contribution in [0.1, 0.15) is 24.0 Å². The molecule has 1 aliphatic rings. The summed E-state index contributed by atoms with van der Waals surface area (Å²) in [6.45, 7) is 3.88. The summed E-state index contributed by atoms with van der Waals surface area (Å²) in [6, 6.07) is 7.77. The Morgan fingerprint density at radius 1 is 1.26 bits per heavy atom. The minimum absolute atomic E-state index is 0.127. The molecule has 5 heteroatoms. The second-order valence-corrected chi connectivity index (χ2v) is 5.37. The second-order valence-electron chi connectivity index (χ2n) is 4.49. The summed E-state index contributed by atoms with van der Waals surface area (Å²) in [4.78, 5) is -0.127. The fourth-order valence-electron chi connectivity index (χ4n) is 2.29. The molecule has 0 bridgehead atoms. The molecule has 1 N–H and O–H groups in total. The maximum atomic E-state index is 11.7. The molecule has 0 aliphatic carbocycles. The van der Waals surface area contributed by atoms with E-state index in [1.807, 2.05) is 38.1 Å². The lowest BCUT2D eigenvalue weighted by atomic mass is 9.89. The fraction of sp³-hybridized carbons (Fsp3) is 0.214. The Kier molecular flexibility index (Phi) is 3.99. The number of nitrogens with one attached hydrogen (secondary N) is 1. The maximum Gasteiger partial charge on any atom is 0.277 e. The Bertz CT molecular complexity index is 678. The molecule has 1 aliphatic heterocycles. The van der Waals surface area contributed by atoms with E-state index < -0.39 is 15.4 Å². The molecule has 0 amide bonds. The molecule has 1 heterocycles. The molecule has 4 nitrogen and oxygen atoms in total. The SMILES string of the molecule is Cc1ccccc1C(C)C1=CC=C[NH+]([O-])C1=S(=O)=O. The first kappa shape index (κ1) is 13.7. The van der Waals surface area contributed by atoms with Crippen molar-refractivity contribution in [1.82, 2.24) is 0 Å². The van der Waals surface area contributed by atoms with Crippen LogP contribution in [-0.4, -0.2) is 13.4 Å². The largest absolute Gasteiger partial charge is 0.623 e. The van der Waals surface area contributed by atoms with Gasteiger partial charge in [0.15, 0.2) is 0 Å². The molecule has 100 valence electrons. The molecule has 0 fully saturated rings. The number of hydroxylamine groups is 2. The van der Waals surface area contributed by atoms with Gasteiger partial charge in [0.25, 0.3) is 15.3 Å². The highest BCUT2D eigenvalue weighted by Crippen LogP contribution is 2.27. The molecule has 0 saturated heterocycles. The monoisotopic (exact) mass is 277 g/mol. The van der Waals surface area contributed by atoms with E-state index in [1.165, 1.54) is 6.20 Å². The van der Waals surface area contributed by atoms with Crippen molar-refractivity contribution in [2.45, 2.75) is 19.8 Å². The highest BCUT2D eigenvalue weighted by atomic mass is 32.2. The van der Waals surface area contributed by atoms with Crippen LogP contribution in [-0.2, 0) is 10.3 Å². The first-order chi connectivity index (χ1) is 9.02. The van der Waals surface area contributed by atoms with Crippen LogP contribution < -0.4 is 5.06 Å². The molecule has 0 aromatic heterocycles. The fourth-order valence-corrected chi connectivity index (χ4v) is 2.96. The van der Waals surface area contributed by atoms with Crippen molar-refractivity contribution in [3.63, 3.8) is 0 Å². The first-order valence-electron chi connectivity index (χ1n) is 5.97. The summed E-state index contributed by atoms with van der Waals surface area (Å²) >= 11 is 0. The Morgan fingerprint density at radius 3 is 2.58 bits per heavy atom. The van der Waals surface area contributed by atoms with Crippen molar-refractivity contribution >= 4 is 15.3 Å². The van der Waals surface area contributed by atoms with Crippen LogP contribution in [0.4, 0.5) is 0 Å². The molecule has 2 unspecified atom stereocenters. The van der Waals surface area contributed by atoms with E-state index in [1.54, 1.807) is 12.2 Å². The quantitative estimate of drug-likeness (QED) is 0.646. The van der Waals surface area contributed by atoms with Gasteiger partial charge in [-0.05, 0) is 30.2 Å². The van der Waals surface area contributed by atoms with Gasteiger partial charge < -0.3 is 10.3 Å². The third kappa shape index (κ3) is 2.68. The zero-order chi connectivity index (χ0) is 14.0. The molecule has 19 heavy (non-hydrogen) atoms. The highest BCUT2D eigenvalue weighted by Gasteiger charge is 2.25. The number of benzene rings is 1. The predicted octanol–water partition coefficient (Wildman–Crippen LogP) is 0.944. The predicted molar refractivity (Wildman–Crippen MR) is 75.1 cm³/mol. The van der Waals surface area contributed by atoms with Gasteiger partial charge in [0.2, 0.25) is 0 Å². The van der Waals surface area contributed by atoms with Crippen molar-refractivity contribution in [3.05, 3.63) is 64.5 Å². The van der Waals surface area contributed by atoms with Crippen molar-refractivity contribution in [3.8, 4) is 0 Å². The molecule has 2 atom stereocenters. The van der Waals surface area contributed by atoms with Gasteiger partial charge >= 0.3 is 0 Å². The maximum absolute atomic E-state index is 11.7. The average Bonchev–Trinajstić information content (AvgIpc) is 2.37. The number of allylic oxidation sites excluding steroid dienone is 2. The Hall–Kier alpha value is -1.69. The minimum Gasteiger partial charge on any atom is -0.623 e. The average molecular weight is 277 g/mol. The van der Waals surface area contributed by atoms with Gasteiger partial charge in [0.1, 0.15) is 6.20 Å². The summed E-state index contributed by atoms with van der Waals surface area (Å²) < 4.78 is 22.5. The van der Waals surface area contributed by atoms with Crippen molar-refractivity contribution in [2.75, 3.05) is 0 Å². The molecule has 2 rings (SSSR count). The van der Waals surface area contributed by atoms with Crippen LogP contribution >= 0.6 is 0 Å². The standard InChI is InChI=1S/C14H15NO3S/c1-10-6-3-4-7-12(10)11(2)13-8-5-9-15(16)14(13)19(17)18/h3-9,11,15H,1-2H3. The molecule has 0 saturated carbocycles. The van der Waals surface area contributed by atoms with Crippen molar-refractivity contribution < 1.29 is 13.5 Å². The van der Waals surface area contributed by atoms with Crippen LogP contribution in [0.3, 0.4) is 0 Å². The molecule has 0 spiro atoms. The summed E-state index contributed by atoms with van der Waals surface area (Å²) in [5, 5.41) is 11.3. The van der Waals surface area contributed by atoms with Gasteiger partial charge in [-0.25, -0.2) is 0 Å². The van der Waals surface area contributed by atoms with Crippen LogP contribution in [0.2, 0.25) is 0 Å². The molecule has 1 aromatic carbocycles. The third-order valence-corrected chi connectivity index (χ3v) is 4.07. The topological polar surface area (TPSA) is 61.6 Å². The number of rotatable bonds is 2. The second kappa shape index (κ2) is 5.52. The lowest BCUT2D eigenvalue weighted by Crippen LogP contribution is -3.06. The van der Waals surface area contributed by atoms with Crippen molar-refractivity contribution in [1.29, 1.82) is 0 Å². The Morgan fingerprint density at radius 2 is 1.95 bits per heavy atom. The van der Waals surface area contributed by atoms with Gasteiger partial charge in [-0.3, -0.25) is 0 Å². The molecule has 1 aromatic rings. The highest BCUT2D eigenvalue weighted by molar-refractivity contribution is 7.72. The lowest BCUT2D eigenvalue weighted by molar-refractivity contribution is -0.680. The summed E-state index contributed by atoms with van der Waals surface area (Å²) in [7, 11) is -2.52. The number of hydrogen-bond donors (Lipinski definition) is 1. The van der Waals surface area contributed by atoms with Crippen molar-refractivity contribution in [2.24, 2.45) is 0 Å². The van der Waals surface area contributed by atoms with Crippen LogP contribution in [0.5, 0.6) is 0 Å². The van der Waals surface area contributed by atoms with Crippen LogP contribution in [0.25, 0.3) is 0 Å². The zero-order valence-corrected chi connectivity index (χ0v) is 11.6.